The number of nitrogens with zero attached hydrogens (tertiary/aromatic N) is 2. The molecule has 0 saturated carbocycles. The lowest BCUT2D eigenvalue weighted by molar-refractivity contribution is 0.0948. The number of carbonyl (C=O) groups excluding carboxylic acids is 1. The van der Waals surface area contributed by atoms with Gasteiger partial charge in [-0.25, -0.2) is 4.98 Å². The van der Waals surface area contributed by atoms with Gasteiger partial charge < -0.3 is 10.6 Å². The van der Waals surface area contributed by atoms with E-state index < -0.39 is 0 Å². The average Bonchev–Trinajstić information content (AvgIpc) is 2.46. The number of carbonyl (C=O) groups is 1. The summed E-state index contributed by atoms with van der Waals surface area (Å²) >= 11 is 1.95. The summed E-state index contributed by atoms with van der Waals surface area (Å²) in [5.74, 6) is 1.71. The molecule has 2 N–H and O–H groups in total. The third kappa shape index (κ3) is 4.38. The summed E-state index contributed by atoms with van der Waals surface area (Å²) in [6, 6.07) is 0. The maximum atomic E-state index is 12.0. The van der Waals surface area contributed by atoms with Gasteiger partial charge in [-0.3, -0.25) is 9.78 Å². The van der Waals surface area contributed by atoms with Gasteiger partial charge in [0, 0.05) is 18.3 Å². The Morgan fingerprint density at radius 3 is 3.11 bits per heavy atom. The number of hydrogen-bond acceptors (Lipinski definition) is 5. The van der Waals surface area contributed by atoms with Crippen molar-refractivity contribution in [3.8, 4) is 0 Å². The fraction of sp³-hybridized carbons (Fsp3) is 0.615. The van der Waals surface area contributed by atoms with Crippen molar-refractivity contribution in [3.05, 3.63) is 18.1 Å². The van der Waals surface area contributed by atoms with Gasteiger partial charge in [-0.15, -0.1) is 0 Å². The van der Waals surface area contributed by atoms with Crippen LogP contribution < -0.4 is 10.6 Å². The molecule has 1 aromatic rings. The van der Waals surface area contributed by atoms with Crippen molar-refractivity contribution >= 4 is 23.5 Å². The summed E-state index contributed by atoms with van der Waals surface area (Å²) in [5.41, 5.74) is 0.374. The number of hydrogen-bond donors (Lipinski definition) is 2. The van der Waals surface area contributed by atoms with Gasteiger partial charge in [0.25, 0.3) is 5.91 Å². The van der Waals surface area contributed by atoms with Crippen LogP contribution in [0, 0.1) is 0 Å². The lowest BCUT2D eigenvalue weighted by Crippen LogP contribution is -2.32. The molecule has 0 aromatic carbocycles. The number of nitrogens with one attached hydrogen (secondary N) is 2. The molecular formula is C13H20N4OS. The van der Waals surface area contributed by atoms with E-state index in [1.165, 1.54) is 31.2 Å². The molecule has 1 aliphatic rings. The molecule has 6 heteroatoms. The maximum Gasteiger partial charge on any atom is 0.271 e. The molecule has 1 aliphatic heterocycles. The Hall–Kier alpha value is -1.30. The topological polar surface area (TPSA) is 66.9 Å². The van der Waals surface area contributed by atoms with E-state index >= 15 is 0 Å². The van der Waals surface area contributed by atoms with Crippen LogP contribution >= 0.6 is 11.8 Å². The van der Waals surface area contributed by atoms with Gasteiger partial charge >= 0.3 is 0 Å². The lowest BCUT2D eigenvalue weighted by atomic mass is 10.2. The van der Waals surface area contributed by atoms with Crippen LogP contribution in [0.4, 0.5) is 5.82 Å². The highest BCUT2D eigenvalue weighted by molar-refractivity contribution is 7.99. The molecule has 0 aliphatic carbocycles. The smallest absolute Gasteiger partial charge is 0.271 e. The van der Waals surface area contributed by atoms with Crippen molar-refractivity contribution in [3.63, 3.8) is 0 Å². The number of thioether (sulfide) groups is 1. The summed E-state index contributed by atoms with van der Waals surface area (Å²) in [4.78, 5) is 20.3. The Labute approximate surface area is 118 Å². The summed E-state index contributed by atoms with van der Waals surface area (Å²) in [6.07, 6.45) is 6.88. The normalized spacial score (nSPS) is 18.9. The van der Waals surface area contributed by atoms with E-state index in [9.17, 15) is 4.79 Å². The molecule has 0 spiro atoms. The largest absolute Gasteiger partial charge is 0.369 e. The van der Waals surface area contributed by atoms with Crippen LogP contribution in [0.2, 0.25) is 0 Å². The Morgan fingerprint density at radius 1 is 1.47 bits per heavy atom. The summed E-state index contributed by atoms with van der Waals surface area (Å²) in [7, 11) is 0. The molecule has 1 saturated heterocycles. The van der Waals surface area contributed by atoms with Crippen LogP contribution in [0.5, 0.6) is 0 Å². The second kappa shape index (κ2) is 7.33. The first kappa shape index (κ1) is 14.1. The second-order valence-corrected chi connectivity index (χ2v) is 5.93. The summed E-state index contributed by atoms with van der Waals surface area (Å²) in [6.45, 7) is 3.46. The average molecular weight is 280 g/mol. The predicted molar refractivity (Wildman–Crippen MR) is 78.6 cm³/mol. The molecule has 1 unspecified atom stereocenters. The minimum Gasteiger partial charge on any atom is -0.369 e. The van der Waals surface area contributed by atoms with E-state index in [0.29, 0.717) is 16.8 Å². The van der Waals surface area contributed by atoms with Gasteiger partial charge in [0.2, 0.25) is 0 Å². The first-order valence-electron chi connectivity index (χ1n) is 6.75. The van der Waals surface area contributed by atoms with Crippen LogP contribution in [-0.4, -0.2) is 40.0 Å². The molecule has 2 rings (SSSR count). The molecule has 1 aromatic heterocycles. The SMILES string of the molecule is CCNc1cncc(C(=O)NCC2CCCCS2)n1. The quantitative estimate of drug-likeness (QED) is 0.862. The zero-order valence-electron chi connectivity index (χ0n) is 11.2. The third-order valence-electron chi connectivity index (χ3n) is 2.99. The maximum absolute atomic E-state index is 12.0. The Kier molecular flexibility index (Phi) is 5.44. The second-order valence-electron chi connectivity index (χ2n) is 4.52. The highest BCUT2D eigenvalue weighted by Crippen LogP contribution is 2.24. The molecule has 2 heterocycles. The van der Waals surface area contributed by atoms with Crippen LogP contribution in [0.25, 0.3) is 0 Å². The minimum atomic E-state index is -0.140. The van der Waals surface area contributed by atoms with E-state index in [1.807, 2.05) is 18.7 Å². The van der Waals surface area contributed by atoms with Gasteiger partial charge in [0.1, 0.15) is 11.5 Å². The van der Waals surface area contributed by atoms with E-state index in [2.05, 4.69) is 20.6 Å². The monoisotopic (exact) mass is 280 g/mol. The number of anilines is 1. The molecule has 0 radical (unpaired) electrons. The number of rotatable bonds is 5. The van der Waals surface area contributed by atoms with Crippen molar-refractivity contribution in [2.75, 3.05) is 24.2 Å². The van der Waals surface area contributed by atoms with Crippen molar-refractivity contribution in [1.82, 2.24) is 15.3 Å². The van der Waals surface area contributed by atoms with Gasteiger partial charge in [0.05, 0.1) is 12.4 Å². The first-order valence-corrected chi connectivity index (χ1v) is 7.80. The van der Waals surface area contributed by atoms with Gasteiger partial charge in [-0.1, -0.05) is 6.42 Å². The molecule has 1 atom stereocenters. The third-order valence-corrected chi connectivity index (χ3v) is 4.39. The molecule has 104 valence electrons. The highest BCUT2D eigenvalue weighted by Gasteiger charge is 2.16. The van der Waals surface area contributed by atoms with E-state index in [1.54, 1.807) is 6.20 Å². The summed E-state index contributed by atoms with van der Waals surface area (Å²) in [5, 5.41) is 6.54. The Balaban J connectivity index is 1.86. The summed E-state index contributed by atoms with van der Waals surface area (Å²) < 4.78 is 0. The molecule has 1 fully saturated rings. The highest BCUT2D eigenvalue weighted by atomic mass is 32.2. The van der Waals surface area contributed by atoms with E-state index in [-0.39, 0.29) is 5.91 Å². The van der Waals surface area contributed by atoms with Gasteiger partial charge in [-0.05, 0) is 25.5 Å². The zero-order chi connectivity index (χ0) is 13.5. The van der Waals surface area contributed by atoms with Gasteiger partial charge in [-0.2, -0.15) is 11.8 Å². The Morgan fingerprint density at radius 2 is 2.37 bits per heavy atom. The Bertz CT molecular complexity index is 421. The van der Waals surface area contributed by atoms with Crippen molar-refractivity contribution in [2.24, 2.45) is 0 Å². The van der Waals surface area contributed by atoms with Crippen LogP contribution in [-0.2, 0) is 0 Å². The number of amides is 1. The fourth-order valence-corrected chi connectivity index (χ4v) is 3.25. The minimum absolute atomic E-state index is 0.140. The van der Waals surface area contributed by atoms with Crippen molar-refractivity contribution in [2.45, 2.75) is 31.4 Å². The molecule has 1 amide bonds. The lowest BCUT2D eigenvalue weighted by Gasteiger charge is -2.21. The van der Waals surface area contributed by atoms with Crippen LogP contribution in [0.3, 0.4) is 0 Å². The molecule has 0 bridgehead atoms. The number of aromatic nitrogens is 2. The molecule has 5 nitrogen and oxygen atoms in total. The first-order chi connectivity index (χ1) is 9.29. The molecule has 19 heavy (non-hydrogen) atoms. The van der Waals surface area contributed by atoms with Crippen LogP contribution in [0.1, 0.15) is 36.7 Å². The molecular weight excluding hydrogens is 260 g/mol. The van der Waals surface area contributed by atoms with E-state index in [0.717, 1.165) is 13.1 Å². The van der Waals surface area contributed by atoms with Crippen LogP contribution in [0.15, 0.2) is 12.4 Å². The van der Waals surface area contributed by atoms with Crippen molar-refractivity contribution < 1.29 is 4.79 Å². The fourth-order valence-electron chi connectivity index (χ4n) is 2.01. The standard InChI is InChI=1S/C13H20N4OS/c1-2-15-12-9-14-8-11(17-12)13(18)16-7-10-5-3-4-6-19-10/h8-10H,2-7H2,1H3,(H,15,17)(H,16,18). The van der Waals surface area contributed by atoms with Gasteiger partial charge in [0.15, 0.2) is 0 Å². The van der Waals surface area contributed by atoms with Crippen molar-refractivity contribution in [1.29, 1.82) is 0 Å². The van der Waals surface area contributed by atoms with E-state index in [4.69, 9.17) is 0 Å². The predicted octanol–water partition coefficient (Wildman–Crippen LogP) is 1.92. The zero-order valence-corrected chi connectivity index (χ0v) is 12.0.